The number of amides is 1. The van der Waals surface area contributed by atoms with E-state index in [1.807, 2.05) is 0 Å². The van der Waals surface area contributed by atoms with Crippen LogP contribution in [0.4, 0.5) is 4.39 Å². The number of aromatic nitrogens is 1. The van der Waals surface area contributed by atoms with Crippen LogP contribution in [-0.2, 0) is 16.1 Å². The van der Waals surface area contributed by atoms with Crippen LogP contribution in [0.15, 0.2) is 72.6 Å². The van der Waals surface area contributed by atoms with E-state index in [1.165, 1.54) is 17.0 Å². The number of carbonyl (C=O) groups excluding carboxylic acids is 2. The molecule has 2 heterocycles. The number of pyridine rings is 1. The van der Waals surface area contributed by atoms with Crippen molar-refractivity contribution in [2.45, 2.75) is 12.6 Å². The van der Waals surface area contributed by atoms with Crippen LogP contribution in [0.2, 0.25) is 10.0 Å². The number of aliphatic hydroxyl groups excluding tert-OH is 1. The minimum Gasteiger partial charge on any atom is -0.507 e. The van der Waals surface area contributed by atoms with Crippen molar-refractivity contribution in [3.63, 3.8) is 0 Å². The van der Waals surface area contributed by atoms with Crippen LogP contribution < -0.4 is 0 Å². The Morgan fingerprint density at radius 2 is 1.68 bits per heavy atom. The first-order chi connectivity index (χ1) is 14.9. The standard InChI is InChI=1S/C23H15Cl2FN2O3/c24-17-6-3-15(11-18(17)25)20-19(21(29)14-1-4-16(26)5-2-14)22(30)23(31)28(20)12-13-7-9-27-10-8-13/h1-11,20,29H,12H2/b21-19-. The zero-order valence-corrected chi connectivity index (χ0v) is 17.4. The highest BCUT2D eigenvalue weighted by Gasteiger charge is 2.46. The summed E-state index contributed by atoms with van der Waals surface area (Å²) in [5, 5.41) is 11.5. The number of likely N-dealkylation sites (tertiary alicyclic amines) is 1. The molecule has 3 aromatic rings. The molecular weight excluding hydrogens is 442 g/mol. The molecule has 5 nitrogen and oxygen atoms in total. The topological polar surface area (TPSA) is 70.5 Å². The number of aliphatic hydroxyl groups is 1. The molecule has 1 unspecified atom stereocenters. The fourth-order valence-corrected chi connectivity index (χ4v) is 3.83. The molecule has 156 valence electrons. The van der Waals surface area contributed by atoms with Gasteiger partial charge in [0.2, 0.25) is 0 Å². The van der Waals surface area contributed by atoms with Crippen LogP contribution in [0.5, 0.6) is 0 Å². The van der Waals surface area contributed by atoms with Crippen molar-refractivity contribution in [3.8, 4) is 0 Å². The molecule has 0 radical (unpaired) electrons. The molecule has 1 N–H and O–H groups in total. The van der Waals surface area contributed by atoms with E-state index in [-0.39, 0.29) is 22.7 Å². The normalized spacial score (nSPS) is 17.9. The monoisotopic (exact) mass is 456 g/mol. The summed E-state index contributed by atoms with van der Waals surface area (Å²) in [7, 11) is 0. The number of carbonyl (C=O) groups is 2. The van der Waals surface area contributed by atoms with E-state index < -0.39 is 29.3 Å². The third kappa shape index (κ3) is 4.04. The molecular formula is C23H15Cl2FN2O3. The van der Waals surface area contributed by atoms with E-state index in [9.17, 15) is 19.1 Å². The van der Waals surface area contributed by atoms with Crippen molar-refractivity contribution in [1.82, 2.24) is 9.88 Å². The van der Waals surface area contributed by atoms with Crippen molar-refractivity contribution in [1.29, 1.82) is 0 Å². The van der Waals surface area contributed by atoms with Gasteiger partial charge >= 0.3 is 0 Å². The molecule has 1 fully saturated rings. The van der Waals surface area contributed by atoms with Gasteiger partial charge in [-0.2, -0.15) is 0 Å². The zero-order valence-electron chi connectivity index (χ0n) is 15.9. The Kier molecular flexibility index (Phi) is 5.76. The van der Waals surface area contributed by atoms with Crippen molar-refractivity contribution in [2.24, 2.45) is 0 Å². The summed E-state index contributed by atoms with van der Waals surface area (Å²) < 4.78 is 13.3. The van der Waals surface area contributed by atoms with Gasteiger partial charge in [0.15, 0.2) is 0 Å². The quantitative estimate of drug-likeness (QED) is 0.334. The van der Waals surface area contributed by atoms with Gasteiger partial charge in [-0.15, -0.1) is 0 Å². The van der Waals surface area contributed by atoms with Crippen LogP contribution in [0, 0.1) is 5.82 Å². The second-order valence-electron chi connectivity index (χ2n) is 6.96. The van der Waals surface area contributed by atoms with E-state index in [1.54, 1.807) is 42.7 Å². The number of rotatable bonds is 4. The number of Topliss-reactive ketones (excluding diaryl/α,β-unsaturated/α-hetero) is 1. The molecule has 8 heteroatoms. The second kappa shape index (κ2) is 8.49. The number of benzene rings is 2. The molecule has 0 spiro atoms. The molecule has 0 aliphatic carbocycles. The van der Waals surface area contributed by atoms with Crippen molar-refractivity contribution < 1.29 is 19.1 Å². The van der Waals surface area contributed by atoms with E-state index in [0.29, 0.717) is 10.6 Å². The summed E-state index contributed by atoms with van der Waals surface area (Å²) in [6, 6.07) is 12.3. The highest BCUT2D eigenvalue weighted by atomic mass is 35.5. The maximum absolute atomic E-state index is 13.3. The fraction of sp³-hybridized carbons (Fsp3) is 0.0870. The minimum atomic E-state index is -0.909. The lowest BCUT2D eigenvalue weighted by atomic mass is 9.95. The SMILES string of the molecule is O=C1C(=O)N(Cc2ccncc2)C(c2ccc(Cl)c(Cl)c2)/C1=C(/O)c1ccc(F)cc1. The Morgan fingerprint density at radius 3 is 2.32 bits per heavy atom. The Hall–Kier alpha value is -3.22. The first kappa shape index (κ1) is 21.0. The molecule has 1 saturated heterocycles. The fourth-order valence-electron chi connectivity index (χ4n) is 3.52. The van der Waals surface area contributed by atoms with Crippen LogP contribution in [0.25, 0.3) is 5.76 Å². The summed E-state index contributed by atoms with van der Waals surface area (Å²) in [4.78, 5) is 31.2. The van der Waals surface area contributed by atoms with Gasteiger partial charge in [-0.3, -0.25) is 14.6 Å². The predicted octanol–water partition coefficient (Wildman–Crippen LogP) is 5.15. The van der Waals surface area contributed by atoms with Crippen LogP contribution in [0.3, 0.4) is 0 Å². The maximum Gasteiger partial charge on any atom is 0.295 e. The summed E-state index contributed by atoms with van der Waals surface area (Å²) in [5.74, 6) is -2.49. The molecule has 31 heavy (non-hydrogen) atoms. The average Bonchev–Trinajstić information content (AvgIpc) is 3.01. The van der Waals surface area contributed by atoms with E-state index >= 15 is 0 Å². The average molecular weight is 457 g/mol. The molecule has 0 bridgehead atoms. The van der Waals surface area contributed by atoms with Crippen molar-refractivity contribution >= 4 is 40.7 Å². The number of hydrogen-bond donors (Lipinski definition) is 1. The molecule has 1 amide bonds. The Bertz CT molecular complexity index is 1200. The van der Waals surface area contributed by atoms with Gasteiger partial charge in [0.25, 0.3) is 11.7 Å². The third-order valence-electron chi connectivity index (χ3n) is 5.02. The first-order valence-corrected chi connectivity index (χ1v) is 10.0. The van der Waals surface area contributed by atoms with E-state index in [0.717, 1.165) is 17.7 Å². The molecule has 1 aliphatic rings. The Morgan fingerprint density at radius 1 is 1.00 bits per heavy atom. The van der Waals surface area contributed by atoms with Gasteiger partial charge in [0, 0.05) is 24.5 Å². The molecule has 0 saturated carbocycles. The zero-order chi connectivity index (χ0) is 22.1. The minimum absolute atomic E-state index is 0.107. The molecule has 2 aromatic carbocycles. The number of hydrogen-bond acceptors (Lipinski definition) is 4. The van der Waals surface area contributed by atoms with Gasteiger partial charge in [-0.05, 0) is 59.7 Å². The first-order valence-electron chi connectivity index (χ1n) is 9.25. The summed E-state index contributed by atoms with van der Waals surface area (Å²) in [6.45, 7) is 0.109. The number of ketones is 1. The molecule has 1 aliphatic heterocycles. The van der Waals surface area contributed by atoms with Gasteiger partial charge in [-0.25, -0.2) is 4.39 Å². The lowest BCUT2D eigenvalue weighted by Crippen LogP contribution is -2.29. The Balaban J connectivity index is 1.88. The lowest BCUT2D eigenvalue weighted by molar-refractivity contribution is -0.140. The van der Waals surface area contributed by atoms with Crippen molar-refractivity contribution in [3.05, 3.63) is 105 Å². The van der Waals surface area contributed by atoms with Gasteiger partial charge in [-0.1, -0.05) is 29.3 Å². The van der Waals surface area contributed by atoms with Crippen LogP contribution >= 0.6 is 23.2 Å². The highest BCUT2D eigenvalue weighted by Crippen LogP contribution is 2.41. The van der Waals surface area contributed by atoms with Crippen LogP contribution in [0.1, 0.15) is 22.7 Å². The van der Waals surface area contributed by atoms with E-state index in [2.05, 4.69) is 4.98 Å². The predicted molar refractivity (Wildman–Crippen MR) is 115 cm³/mol. The molecule has 1 aromatic heterocycles. The van der Waals surface area contributed by atoms with E-state index in [4.69, 9.17) is 23.2 Å². The number of halogens is 3. The van der Waals surface area contributed by atoms with Crippen LogP contribution in [-0.4, -0.2) is 26.7 Å². The summed E-state index contributed by atoms with van der Waals surface area (Å²) >= 11 is 12.2. The second-order valence-corrected chi connectivity index (χ2v) is 7.78. The molecule has 1 atom stereocenters. The molecule has 4 rings (SSSR count). The lowest BCUT2D eigenvalue weighted by Gasteiger charge is -2.25. The highest BCUT2D eigenvalue weighted by molar-refractivity contribution is 6.46. The van der Waals surface area contributed by atoms with Gasteiger partial charge in [0.1, 0.15) is 11.6 Å². The largest absolute Gasteiger partial charge is 0.507 e. The summed E-state index contributed by atoms with van der Waals surface area (Å²) in [5.41, 5.74) is 1.37. The maximum atomic E-state index is 13.3. The van der Waals surface area contributed by atoms with Crippen molar-refractivity contribution in [2.75, 3.05) is 0 Å². The third-order valence-corrected chi connectivity index (χ3v) is 5.76. The Labute approximate surface area is 187 Å². The summed E-state index contributed by atoms with van der Waals surface area (Å²) in [6.07, 6.45) is 3.16. The van der Waals surface area contributed by atoms with Gasteiger partial charge in [0.05, 0.1) is 21.7 Å². The number of nitrogens with zero attached hydrogens (tertiary/aromatic N) is 2. The smallest absolute Gasteiger partial charge is 0.295 e. The van der Waals surface area contributed by atoms with Gasteiger partial charge < -0.3 is 10.0 Å².